The smallest absolute Gasteiger partial charge is 0.160 e. The van der Waals surface area contributed by atoms with Crippen LogP contribution in [0.25, 0.3) is 45.1 Å². The van der Waals surface area contributed by atoms with Gasteiger partial charge in [-0.15, -0.1) is 0 Å². The van der Waals surface area contributed by atoms with Gasteiger partial charge in [-0.25, -0.2) is 0 Å². The van der Waals surface area contributed by atoms with Gasteiger partial charge >= 0.3 is 0 Å². The van der Waals surface area contributed by atoms with Crippen molar-refractivity contribution in [3.8, 4) is 11.1 Å². The molecular weight excluding hydrogens is 536 g/mol. The minimum atomic E-state index is -0.183. The number of H-pyrrole nitrogens is 1. The summed E-state index contributed by atoms with van der Waals surface area (Å²) in [7, 11) is 0. The van der Waals surface area contributed by atoms with Crippen LogP contribution in [0.5, 0.6) is 0 Å². The lowest BCUT2D eigenvalue weighted by atomic mass is 9.95. The van der Waals surface area contributed by atoms with Gasteiger partial charge in [0.05, 0.1) is 22.9 Å². The molecule has 9 rings (SSSR count). The van der Waals surface area contributed by atoms with E-state index in [2.05, 4.69) is 172 Å². The lowest BCUT2D eigenvalue weighted by Crippen LogP contribution is -2.53. The van der Waals surface area contributed by atoms with Gasteiger partial charge in [-0.3, -0.25) is 5.32 Å². The number of hydrogen-bond donors (Lipinski definition) is 3. The second-order valence-corrected chi connectivity index (χ2v) is 11.6. The van der Waals surface area contributed by atoms with Crippen LogP contribution in [-0.2, 0) is 0 Å². The molecule has 2 aliphatic rings. The van der Waals surface area contributed by atoms with E-state index in [1.807, 2.05) is 0 Å². The highest BCUT2D eigenvalue weighted by atomic mass is 15.4. The van der Waals surface area contributed by atoms with Crippen molar-refractivity contribution >= 4 is 51.0 Å². The van der Waals surface area contributed by atoms with Gasteiger partial charge in [0, 0.05) is 27.5 Å². The van der Waals surface area contributed by atoms with Crippen LogP contribution in [0.2, 0.25) is 0 Å². The first-order chi connectivity index (χ1) is 21.8. The highest BCUT2D eigenvalue weighted by Crippen LogP contribution is 2.43. The largest absolute Gasteiger partial charge is 0.354 e. The lowest BCUT2D eigenvalue weighted by molar-refractivity contribution is 0.494. The number of nitrogens with one attached hydrogen (secondary N) is 3. The van der Waals surface area contributed by atoms with Crippen molar-refractivity contribution in [1.29, 1.82) is 0 Å². The molecule has 1 aromatic heterocycles. The summed E-state index contributed by atoms with van der Waals surface area (Å²) in [6.45, 7) is 0. The van der Waals surface area contributed by atoms with Crippen LogP contribution in [0.1, 0.15) is 28.3 Å². The molecule has 0 saturated carbocycles. The van der Waals surface area contributed by atoms with Gasteiger partial charge in [0.25, 0.3) is 0 Å². The molecule has 7 aromatic rings. The number of benzene rings is 6. The fraction of sp³-hybridized carbons (Fsp3) is 0.0500. The quantitative estimate of drug-likeness (QED) is 0.199. The normalized spacial score (nSPS) is 17.0. The van der Waals surface area contributed by atoms with Gasteiger partial charge in [0.15, 0.2) is 6.29 Å². The topological polar surface area (TPSA) is 43.1 Å². The van der Waals surface area contributed by atoms with E-state index < -0.39 is 0 Å². The van der Waals surface area contributed by atoms with E-state index in [-0.39, 0.29) is 12.3 Å². The molecule has 4 nitrogen and oxygen atoms in total. The average molecular weight is 567 g/mol. The fourth-order valence-corrected chi connectivity index (χ4v) is 7.00. The van der Waals surface area contributed by atoms with E-state index >= 15 is 0 Å². The minimum absolute atomic E-state index is 0.0457. The van der Waals surface area contributed by atoms with Crippen LogP contribution in [0.15, 0.2) is 140 Å². The van der Waals surface area contributed by atoms with E-state index in [9.17, 15) is 0 Å². The summed E-state index contributed by atoms with van der Waals surface area (Å²) in [4.78, 5) is 6.11. The Morgan fingerprint density at radius 1 is 0.568 bits per heavy atom. The summed E-state index contributed by atoms with van der Waals surface area (Å²) in [5, 5.41) is 10.3. The molecule has 0 spiro atoms. The maximum Gasteiger partial charge on any atom is 0.160 e. The molecular formula is C40H30N4. The summed E-state index contributed by atoms with van der Waals surface area (Å²) in [6.07, 6.45) is 4.32. The Morgan fingerprint density at radius 2 is 1.32 bits per heavy atom. The summed E-state index contributed by atoms with van der Waals surface area (Å²) in [6, 6.07) is 50.1. The number of aromatic amines is 1. The molecule has 0 fully saturated rings. The first kappa shape index (κ1) is 25.0. The summed E-state index contributed by atoms with van der Waals surface area (Å²) in [5.74, 6) is 0. The third kappa shape index (κ3) is 3.96. The highest BCUT2D eigenvalue weighted by molar-refractivity contribution is 6.12. The lowest BCUT2D eigenvalue weighted by Gasteiger charge is -2.42. The minimum Gasteiger partial charge on any atom is -0.354 e. The van der Waals surface area contributed by atoms with Gasteiger partial charge in [0.1, 0.15) is 0 Å². The van der Waals surface area contributed by atoms with Crippen LogP contribution < -0.4 is 15.5 Å². The predicted octanol–water partition coefficient (Wildman–Crippen LogP) is 9.70. The molecule has 2 atom stereocenters. The molecule has 3 heterocycles. The maximum atomic E-state index is 3.97. The van der Waals surface area contributed by atoms with Crippen molar-refractivity contribution < 1.29 is 0 Å². The Hall–Kier alpha value is -5.58. The third-order valence-electron chi connectivity index (χ3n) is 9.06. The van der Waals surface area contributed by atoms with Crippen LogP contribution in [0.4, 0.5) is 17.1 Å². The van der Waals surface area contributed by atoms with Gasteiger partial charge in [-0.1, -0.05) is 121 Å². The number of anilines is 3. The van der Waals surface area contributed by atoms with E-state index in [0.29, 0.717) is 0 Å². The SMILES string of the molecule is C1=Cc2cc(-c3cccc4c3[nH]c3ccccc34)ccc2N(C2Nc3ccccc3C(c3ccccc3)N2)c2ccccc21. The maximum absolute atomic E-state index is 3.97. The number of hydrogen-bond acceptors (Lipinski definition) is 3. The Labute approximate surface area is 256 Å². The Balaban J connectivity index is 1.19. The summed E-state index contributed by atoms with van der Waals surface area (Å²) >= 11 is 0. The first-order valence-electron chi connectivity index (χ1n) is 15.2. The molecule has 2 unspecified atom stereocenters. The zero-order valence-electron chi connectivity index (χ0n) is 24.0. The van der Waals surface area contributed by atoms with Crippen molar-refractivity contribution in [2.24, 2.45) is 0 Å². The number of fused-ring (bicyclic) bond motifs is 6. The van der Waals surface area contributed by atoms with Gasteiger partial charge in [-0.2, -0.15) is 0 Å². The first-order valence-corrected chi connectivity index (χ1v) is 15.2. The molecule has 6 aromatic carbocycles. The monoisotopic (exact) mass is 566 g/mol. The molecule has 0 radical (unpaired) electrons. The Bertz CT molecular complexity index is 2210. The molecule has 0 aliphatic carbocycles. The summed E-state index contributed by atoms with van der Waals surface area (Å²) in [5.41, 5.74) is 13.0. The molecule has 210 valence electrons. The van der Waals surface area contributed by atoms with E-state index in [1.165, 1.54) is 49.7 Å². The molecule has 0 bridgehead atoms. The molecule has 44 heavy (non-hydrogen) atoms. The average Bonchev–Trinajstić information content (AvgIpc) is 3.39. The number of nitrogens with zero attached hydrogens (tertiary/aromatic N) is 1. The fourth-order valence-electron chi connectivity index (χ4n) is 7.00. The predicted molar refractivity (Wildman–Crippen MR) is 184 cm³/mol. The van der Waals surface area contributed by atoms with Crippen molar-refractivity contribution in [3.05, 3.63) is 162 Å². The van der Waals surface area contributed by atoms with E-state index in [0.717, 1.165) is 22.6 Å². The van der Waals surface area contributed by atoms with E-state index in [4.69, 9.17) is 0 Å². The van der Waals surface area contributed by atoms with Gasteiger partial charge < -0.3 is 15.2 Å². The molecule has 4 heteroatoms. The van der Waals surface area contributed by atoms with Crippen LogP contribution in [0, 0.1) is 0 Å². The number of aromatic nitrogens is 1. The summed E-state index contributed by atoms with van der Waals surface area (Å²) < 4.78 is 0. The standard InChI is InChI=1S/C40H30N4/c1-2-12-27(13-3-1)38-33-15-6-8-19-35(33)42-40(43-38)44-36-20-9-4-11-26(36)21-22-29-25-28(23-24-37(29)44)30-16-10-17-32-31-14-5-7-18-34(31)41-39(30)32/h1-25,38,40-43H. The van der Waals surface area contributed by atoms with Crippen LogP contribution in [-0.4, -0.2) is 11.3 Å². The third-order valence-corrected chi connectivity index (χ3v) is 9.06. The van der Waals surface area contributed by atoms with Crippen molar-refractivity contribution in [3.63, 3.8) is 0 Å². The molecule has 0 saturated heterocycles. The van der Waals surface area contributed by atoms with E-state index in [1.54, 1.807) is 0 Å². The Kier molecular flexibility index (Phi) is 5.68. The van der Waals surface area contributed by atoms with Gasteiger partial charge in [0.2, 0.25) is 0 Å². The number of rotatable bonds is 3. The van der Waals surface area contributed by atoms with Crippen molar-refractivity contribution in [2.75, 3.05) is 10.2 Å². The zero-order chi connectivity index (χ0) is 29.0. The van der Waals surface area contributed by atoms with Crippen molar-refractivity contribution in [1.82, 2.24) is 10.3 Å². The zero-order valence-corrected chi connectivity index (χ0v) is 24.0. The van der Waals surface area contributed by atoms with Crippen LogP contribution >= 0.6 is 0 Å². The number of para-hydroxylation sites is 4. The van der Waals surface area contributed by atoms with Gasteiger partial charge in [-0.05, 0) is 58.1 Å². The molecule has 2 aliphatic heterocycles. The Morgan fingerprint density at radius 3 is 2.27 bits per heavy atom. The molecule has 0 amide bonds. The van der Waals surface area contributed by atoms with Crippen LogP contribution in [0.3, 0.4) is 0 Å². The highest BCUT2D eigenvalue weighted by Gasteiger charge is 2.33. The molecule has 3 N–H and O–H groups in total. The second kappa shape index (κ2) is 10.0. The second-order valence-electron chi connectivity index (χ2n) is 11.6. The van der Waals surface area contributed by atoms with Crippen molar-refractivity contribution in [2.45, 2.75) is 12.3 Å².